The molecule has 0 heterocycles. The fourth-order valence-electron chi connectivity index (χ4n) is 3.07. The van der Waals surface area contributed by atoms with Crippen molar-refractivity contribution in [2.24, 2.45) is 5.92 Å². The second-order valence-corrected chi connectivity index (χ2v) is 8.48. The molecule has 2 N–H and O–H groups in total. The smallest absolute Gasteiger partial charge is 0.316 e. The molecule has 0 saturated heterocycles. The normalized spacial score (nSPS) is 20.1. The molecular weight excluding hydrogens is 400 g/mol. The van der Waals surface area contributed by atoms with Gasteiger partial charge in [-0.05, 0) is 49.9 Å². The topological polar surface area (TPSA) is 84.5 Å². The molecule has 2 amide bonds. The number of hydrogen-bond acceptors (Lipinski definition) is 5. The van der Waals surface area contributed by atoms with Crippen LogP contribution in [0.1, 0.15) is 39.5 Å². The number of amides is 2. The van der Waals surface area contributed by atoms with Gasteiger partial charge in [-0.25, -0.2) is 0 Å². The monoisotopic (exact) mass is 426 g/mol. The van der Waals surface area contributed by atoms with E-state index in [9.17, 15) is 14.4 Å². The fourth-order valence-corrected chi connectivity index (χ4v) is 3.79. The molecule has 0 radical (unpaired) electrons. The third-order valence-corrected chi connectivity index (χ3v) is 5.86. The average molecular weight is 427 g/mol. The minimum Gasteiger partial charge on any atom is -0.452 e. The van der Waals surface area contributed by atoms with E-state index in [2.05, 4.69) is 17.6 Å². The maximum atomic E-state index is 12.2. The van der Waals surface area contributed by atoms with Crippen LogP contribution in [0, 0.1) is 5.92 Å². The van der Waals surface area contributed by atoms with Crippen molar-refractivity contribution in [2.45, 2.75) is 51.7 Å². The van der Waals surface area contributed by atoms with Gasteiger partial charge in [0.2, 0.25) is 5.91 Å². The predicted molar refractivity (Wildman–Crippen MR) is 113 cm³/mol. The lowest BCUT2D eigenvalue weighted by Crippen LogP contribution is -2.46. The van der Waals surface area contributed by atoms with Gasteiger partial charge in [-0.15, -0.1) is 11.8 Å². The van der Waals surface area contributed by atoms with Crippen molar-refractivity contribution >= 4 is 46.8 Å². The number of thioether (sulfide) groups is 1. The highest BCUT2D eigenvalue weighted by Gasteiger charge is 2.26. The van der Waals surface area contributed by atoms with E-state index in [1.165, 1.54) is 6.42 Å². The first-order valence-electron chi connectivity index (χ1n) is 9.48. The molecule has 0 aromatic heterocycles. The zero-order valence-electron chi connectivity index (χ0n) is 16.2. The van der Waals surface area contributed by atoms with E-state index in [1.807, 2.05) is 0 Å². The SMILES string of the molecule is C[C@@H]1CCCC[C@H]1NC(=O)[C@@H](C)OC(=O)CSCC(=O)Nc1ccc(Cl)cc1. The van der Waals surface area contributed by atoms with E-state index in [1.54, 1.807) is 31.2 Å². The molecule has 1 saturated carbocycles. The summed E-state index contributed by atoms with van der Waals surface area (Å²) in [7, 11) is 0. The van der Waals surface area contributed by atoms with Crippen LogP contribution in [0.2, 0.25) is 5.02 Å². The van der Waals surface area contributed by atoms with Gasteiger partial charge < -0.3 is 15.4 Å². The Kier molecular flexibility index (Phi) is 9.12. The van der Waals surface area contributed by atoms with Gasteiger partial charge in [0.25, 0.3) is 5.91 Å². The second-order valence-electron chi connectivity index (χ2n) is 7.06. The fraction of sp³-hybridized carbons (Fsp3) is 0.550. The third-order valence-electron chi connectivity index (χ3n) is 4.70. The van der Waals surface area contributed by atoms with Crippen LogP contribution in [0.4, 0.5) is 5.69 Å². The molecule has 2 rings (SSSR count). The number of benzene rings is 1. The molecule has 1 aromatic carbocycles. The molecule has 8 heteroatoms. The first-order valence-corrected chi connectivity index (χ1v) is 11.0. The Morgan fingerprint density at radius 1 is 1.18 bits per heavy atom. The quantitative estimate of drug-likeness (QED) is 0.620. The van der Waals surface area contributed by atoms with Crippen LogP contribution >= 0.6 is 23.4 Å². The molecule has 0 bridgehead atoms. The van der Waals surface area contributed by atoms with Crippen molar-refractivity contribution in [2.75, 3.05) is 16.8 Å². The molecule has 0 spiro atoms. The first-order chi connectivity index (χ1) is 13.3. The van der Waals surface area contributed by atoms with Gasteiger partial charge in [0.05, 0.1) is 11.5 Å². The molecule has 1 aliphatic carbocycles. The lowest BCUT2D eigenvalue weighted by Gasteiger charge is -2.30. The van der Waals surface area contributed by atoms with E-state index >= 15 is 0 Å². The van der Waals surface area contributed by atoms with Gasteiger partial charge in [-0.1, -0.05) is 31.4 Å². The largest absolute Gasteiger partial charge is 0.452 e. The zero-order chi connectivity index (χ0) is 20.5. The minimum absolute atomic E-state index is 0.00545. The van der Waals surface area contributed by atoms with Crippen molar-refractivity contribution in [1.29, 1.82) is 0 Å². The predicted octanol–water partition coefficient (Wildman–Crippen LogP) is 3.64. The zero-order valence-corrected chi connectivity index (χ0v) is 17.8. The summed E-state index contributed by atoms with van der Waals surface area (Å²) >= 11 is 6.93. The summed E-state index contributed by atoms with van der Waals surface area (Å²) in [5.74, 6) is -0.447. The number of anilines is 1. The molecule has 154 valence electrons. The van der Waals surface area contributed by atoms with Gasteiger partial charge >= 0.3 is 5.97 Å². The van der Waals surface area contributed by atoms with Gasteiger partial charge in [0, 0.05) is 16.8 Å². The molecule has 6 nitrogen and oxygen atoms in total. The van der Waals surface area contributed by atoms with E-state index in [4.69, 9.17) is 16.3 Å². The maximum Gasteiger partial charge on any atom is 0.316 e. The number of ether oxygens (including phenoxy) is 1. The Morgan fingerprint density at radius 2 is 1.86 bits per heavy atom. The lowest BCUT2D eigenvalue weighted by molar-refractivity contribution is -0.152. The highest BCUT2D eigenvalue weighted by atomic mass is 35.5. The Balaban J connectivity index is 1.64. The number of hydrogen-bond donors (Lipinski definition) is 2. The summed E-state index contributed by atoms with van der Waals surface area (Å²) in [5.41, 5.74) is 0.639. The number of rotatable bonds is 8. The lowest BCUT2D eigenvalue weighted by atomic mass is 9.86. The van der Waals surface area contributed by atoms with Crippen molar-refractivity contribution < 1.29 is 19.1 Å². The molecule has 28 heavy (non-hydrogen) atoms. The Hall–Kier alpha value is -1.73. The van der Waals surface area contributed by atoms with Crippen LogP contribution in [0.5, 0.6) is 0 Å². The van der Waals surface area contributed by atoms with Crippen LogP contribution in [0.3, 0.4) is 0 Å². The minimum atomic E-state index is -0.842. The maximum absolute atomic E-state index is 12.2. The second kappa shape index (κ2) is 11.3. The molecule has 3 atom stereocenters. The summed E-state index contributed by atoms with van der Waals surface area (Å²) < 4.78 is 5.18. The summed E-state index contributed by atoms with van der Waals surface area (Å²) in [6.07, 6.45) is 3.53. The van der Waals surface area contributed by atoms with Gasteiger partial charge in [-0.3, -0.25) is 14.4 Å². The Bertz CT molecular complexity index is 683. The van der Waals surface area contributed by atoms with E-state index < -0.39 is 12.1 Å². The third kappa shape index (κ3) is 7.72. The van der Waals surface area contributed by atoms with Crippen LogP contribution in [0.25, 0.3) is 0 Å². The number of carbonyl (C=O) groups is 3. The van der Waals surface area contributed by atoms with Crippen molar-refractivity contribution in [3.63, 3.8) is 0 Å². The summed E-state index contributed by atoms with van der Waals surface area (Å²) in [6, 6.07) is 6.91. The van der Waals surface area contributed by atoms with Crippen molar-refractivity contribution in [1.82, 2.24) is 5.32 Å². The molecule has 1 aliphatic rings. The Labute approximate surface area is 175 Å². The van der Waals surface area contributed by atoms with Crippen LogP contribution < -0.4 is 10.6 Å². The van der Waals surface area contributed by atoms with Crippen LogP contribution in [-0.2, 0) is 19.1 Å². The van der Waals surface area contributed by atoms with Crippen molar-refractivity contribution in [3.05, 3.63) is 29.3 Å². The number of carbonyl (C=O) groups excluding carboxylic acids is 3. The highest BCUT2D eigenvalue weighted by Crippen LogP contribution is 2.23. The van der Waals surface area contributed by atoms with E-state index in [-0.39, 0.29) is 29.4 Å². The number of nitrogens with one attached hydrogen (secondary N) is 2. The number of halogens is 1. The van der Waals surface area contributed by atoms with Gasteiger partial charge in [0.1, 0.15) is 0 Å². The summed E-state index contributed by atoms with van der Waals surface area (Å²) in [4.78, 5) is 36.0. The van der Waals surface area contributed by atoms with Crippen LogP contribution in [0.15, 0.2) is 24.3 Å². The van der Waals surface area contributed by atoms with Crippen molar-refractivity contribution in [3.8, 4) is 0 Å². The molecule has 0 unspecified atom stereocenters. The van der Waals surface area contributed by atoms with E-state index in [0.29, 0.717) is 16.6 Å². The molecule has 1 fully saturated rings. The summed E-state index contributed by atoms with van der Waals surface area (Å²) in [5, 5.41) is 6.29. The molecule has 1 aromatic rings. The first kappa shape index (κ1) is 22.6. The molecule has 0 aliphatic heterocycles. The average Bonchev–Trinajstić information content (AvgIpc) is 2.65. The van der Waals surface area contributed by atoms with Gasteiger partial charge in [-0.2, -0.15) is 0 Å². The Morgan fingerprint density at radius 3 is 2.54 bits per heavy atom. The van der Waals surface area contributed by atoms with Gasteiger partial charge in [0.15, 0.2) is 6.10 Å². The molecular formula is C20H27ClN2O4S. The van der Waals surface area contributed by atoms with Crippen LogP contribution in [-0.4, -0.2) is 41.4 Å². The number of esters is 1. The summed E-state index contributed by atoms with van der Waals surface area (Å²) in [6.45, 7) is 3.70. The standard InChI is InChI=1S/C20H27ClN2O4S/c1-13-5-3-4-6-17(13)23-20(26)14(2)27-19(25)12-28-11-18(24)22-16-9-7-15(21)8-10-16/h7-10,13-14,17H,3-6,11-12H2,1-2H3,(H,22,24)(H,23,26)/t13-,14-,17-/m1/s1. The highest BCUT2D eigenvalue weighted by molar-refractivity contribution is 8.00. The van der Waals surface area contributed by atoms with E-state index in [0.717, 1.165) is 31.0 Å².